The first-order valence-electron chi connectivity index (χ1n) is 5.32. The zero-order valence-electron chi connectivity index (χ0n) is 9.50. The molecule has 17 heavy (non-hydrogen) atoms. The molecule has 0 saturated carbocycles. The average molecular weight is 246 g/mol. The minimum absolute atomic E-state index is 0.0175. The summed E-state index contributed by atoms with van der Waals surface area (Å²) in [6, 6.07) is 0.578. The summed E-state index contributed by atoms with van der Waals surface area (Å²) in [4.78, 5) is 3.68. The van der Waals surface area contributed by atoms with Gasteiger partial charge in [0, 0.05) is 18.7 Å². The molecule has 1 atom stereocenters. The normalized spacial score (nSPS) is 12.3. The van der Waals surface area contributed by atoms with Crippen molar-refractivity contribution in [2.24, 2.45) is 5.84 Å². The fourth-order valence-corrected chi connectivity index (χ4v) is 1.40. The minimum atomic E-state index is -0.856. The van der Waals surface area contributed by atoms with Gasteiger partial charge in [-0.3, -0.25) is 0 Å². The fraction of sp³-hybridized carbons (Fsp3) is 0.500. The van der Waals surface area contributed by atoms with Gasteiger partial charge < -0.3 is 15.8 Å². The van der Waals surface area contributed by atoms with Crippen molar-refractivity contribution in [1.29, 1.82) is 0 Å². The Hall–Kier alpha value is -1.47. The van der Waals surface area contributed by atoms with E-state index in [1.165, 1.54) is 0 Å². The Kier molecular flexibility index (Phi) is 5.05. The maximum absolute atomic E-state index is 13.4. The number of hydrogen-bond acceptors (Lipinski definition) is 5. The van der Waals surface area contributed by atoms with Crippen LogP contribution in [0.3, 0.4) is 0 Å². The largest absolute Gasteiger partial charge is 0.396 e. The summed E-state index contributed by atoms with van der Waals surface area (Å²) in [5, 5.41) is 11.6. The zero-order valence-corrected chi connectivity index (χ0v) is 9.50. The van der Waals surface area contributed by atoms with E-state index < -0.39 is 11.6 Å². The van der Waals surface area contributed by atoms with Crippen LogP contribution in [0.2, 0.25) is 0 Å². The number of nitrogens with zero attached hydrogens (tertiary/aromatic N) is 1. The van der Waals surface area contributed by atoms with Gasteiger partial charge in [0.2, 0.25) is 0 Å². The van der Waals surface area contributed by atoms with E-state index in [1.807, 2.05) is 12.3 Å². The molecule has 0 saturated heterocycles. The molecule has 1 rings (SSSR count). The van der Waals surface area contributed by atoms with Crippen LogP contribution in [0.15, 0.2) is 6.07 Å². The number of hydrazine groups is 1. The van der Waals surface area contributed by atoms with Crippen molar-refractivity contribution in [3.63, 3.8) is 0 Å². The number of pyridine rings is 1. The Labute approximate surface area is 98.0 Å². The Morgan fingerprint density at radius 2 is 2.06 bits per heavy atom. The summed E-state index contributed by atoms with van der Waals surface area (Å²) in [5.74, 6) is 3.09. The third-order valence-corrected chi connectivity index (χ3v) is 2.38. The van der Waals surface area contributed by atoms with Crippen molar-refractivity contribution < 1.29 is 13.9 Å². The van der Waals surface area contributed by atoms with Crippen molar-refractivity contribution in [2.45, 2.75) is 25.8 Å². The van der Waals surface area contributed by atoms with Crippen molar-refractivity contribution in [3.8, 4) is 0 Å². The average Bonchev–Trinajstić information content (AvgIpc) is 2.31. The Morgan fingerprint density at radius 3 is 2.59 bits per heavy atom. The van der Waals surface area contributed by atoms with Gasteiger partial charge in [0.1, 0.15) is 0 Å². The lowest BCUT2D eigenvalue weighted by Crippen LogP contribution is -2.22. The molecule has 1 aromatic rings. The van der Waals surface area contributed by atoms with Gasteiger partial charge in [0.15, 0.2) is 23.3 Å². The van der Waals surface area contributed by atoms with Crippen LogP contribution in [0, 0.1) is 11.6 Å². The van der Waals surface area contributed by atoms with E-state index in [9.17, 15) is 8.78 Å². The first-order valence-corrected chi connectivity index (χ1v) is 5.32. The number of anilines is 2. The highest BCUT2D eigenvalue weighted by molar-refractivity contribution is 5.47. The van der Waals surface area contributed by atoms with Gasteiger partial charge in [-0.1, -0.05) is 6.92 Å². The predicted molar refractivity (Wildman–Crippen MR) is 61.4 cm³/mol. The van der Waals surface area contributed by atoms with Crippen LogP contribution in [-0.2, 0) is 0 Å². The molecule has 0 aliphatic heterocycles. The number of halogens is 2. The van der Waals surface area contributed by atoms with Gasteiger partial charge in [-0.25, -0.2) is 19.6 Å². The van der Waals surface area contributed by atoms with E-state index in [2.05, 4.69) is 10.3 Å². The minimum Gasteiger partial charge on any atom is -0.396 e. The number of nitrogens with two attached hydrogens (primary N) is 1. The van der Waals surface area contributed by atoms with Gasteiger partial charge in [-0.2, -0.15) is 0 Å². The molecule has 0 radical (unpaired) electrons. The lowest BCUT2D eigenvalue weighted by Gasteiger charge is -2.17. The summed E-state index contributed by atoms with van der Waals surface area (Å²) < 4.78 is 26.5. The Balaban J connectivity index is 2.89. The standard InChI is InChI=1S/C10H16F2N4O/c1-2-6(3-4-17)14-9-7(11)5-8(12)10(15-9)16-13/h5-6,17H,2-4,13H2,1H3,(H2,14,15,16). The molecule has 7 heteroatoms. The van der Waals surface area contributed by atoms with E-state index >= 15 is 0 Å². The van der Waals surface area contributed by atoms with Gasteiger partial charge in [-0.05, 0) is 12.8 Å². The highest BCUT2D eigenvalue weighted by atomic mass is 19.1. The molecule has 0 aliphatic rings. The molecule has 1 unspecified atom stereocenters. The van der Waals surface area contributed by atoms with E-state index in [0.29, 0.717) is 18.9 Å². The third kappa shape index (κ3) is 3.50. The fourth-order valence-electron chi connectivity index (χ4n) is 1.40. The number of aliphatic hydroxyl groups excluding tert-OH is 1. The molecule has 0 fully saturated rings. The van der Waals surface area contributed by atoms with E-state index in [4.69, 9.17) is 10.9 Å². The second-order valence-electron chi connectivity index (χ2n) is 3.56. The molecule has 0 aromatic carbocycles. The van der Waals surface area contributed by atoms with Gasteiger partial charge in [-0.15, -0.1) is 0 Å². The molecule has 5 nitrogen and oxygen atoms in total. The quantitative estimate of drug-likeness (QED) is 0.448. The van der Waals surface area contributed by atoms with E-state index in [-0.39, 0.29) is 24.3 Å². The highest BCUT2D eigenvalue weighted by Crippen LogP contribution is 2.19. The number of aromatic nitrogens is 1. The molecule has 1 heterocycles. The Morgan fingerprint density at radius 1 is 1.41 bits per heavy atom. The number of nitrogen functional groups attached to an aromatic ring is 1. The van der Waals surface area contributed by atoms with Crippen molar-refractivity contribution in [2.75, 3.05) is 17.3 Å². The molecular weight excluding hydrogens is 230 g/mol. The number of rotatable bonds is 6. The summed E-state index contributed by atoms with van der Waals surface area (Å²) in [7, 11) is 0. The first kappa shape index (κ1) is 13.6. The first-order chi connectivity index (χ1) is 8.12. The second-order valence-corrected chi connectivity index (χ2v) is 3.56. The van der Waals surface area contributed by atoms with Crippen LogP contribution in [0.1, 0.15) is 19.8 Å². The summed E-state index contributed by atoms with van der Waals surface area (Å²) in [5.41, 5.74) is 2.04. The topological polar surface area (TPSA) is 83.2 Å². The lowest BCUT2D eigenvalue weighted by molar-refractivity contribution is 0.278. The molecule has 0 amide bonds. The lowest BCUT2D eigenvalue weighted by atomic mass is 10.1. The van der Waals surface area contributed by atoms with Gasteiger partial charge in [0.25, 0.3) is 0 Å². The van der Waals surface area contributed by atoms with Crippen molar-refractivity contribution in [1.82, 2.24) is 4.98 Å². The van der Waals surface area contributed by atoms with Crippen LogP contribution in [0.25, 0.3) is 0 Å². The number of hydrogen-bond donors (Lipinski definition) is 4. The molecule has 5 N–H and O–H groups in total. The van der Waals surface area contributed by atoms with Gasteiger partial charge >= 0.3 is 0 Å². The molecule has 0 bridgehead atoms. The third-order valence-electron chi connectivity index (χ3n) is 2.38. The zero-order chi connectivity index (χ0) is 12.8. The Bertz CT molecular complexity index is 376. The SMILES string of the molecule is CCC(CCO)Nc1nc(NN)c(F)cc1F. The highest BCUT2D eigenvalue weighted by Gasteiger charge is 2.14. The second kappa shape index (κ2) is 6.31. The molecule has 0 aliphatic carbocycles. The van der Waals surface area contributed by atoms with Crippen LogP contribution < -0.4 is 16.6 Å². The van der Waals surface area contributed by atoms with E-state index in [1.54, 1.807) is 0 Å². The summed E-state index contributed by atoms with van der Waals surface area (Å²) in [6.07, 6.45) is 1.14. The summed E-state index contributed by atoms with van der Waals surface area (Å²) >= 11 is 0. The number of nitrogens with one attached hydrogen (secondary N) is 2. The maximum Gasteiger partial charge on any atom is 0.178 e. The van der Waals surface area contributed by atoms with Crippen molar-refractivity contribution in [3.05, 3.63) is 17.7 Å². The van der Waals surface area contributed by atoms with E-state index in [0.717, 1.165) is 0 Å². The van der Waals surface area contributed by atoms with Gasteiger partial charge in [0.05, 0.1) is 0 Å². The molecule has 0 spiro atoms. The smallest absolute Gasteiger partial charge is 0.178 e. The number of aliphatic hydroxyl groups is 1. The summed E-state index contributed by atoms with van der Waals surface area (Å²) in [6.45, 7) is 1.87. The van der Waals surface area contributed by atoms with Crippen LogP contribution in [0.4, 0.5) is 20.4 Å². The predicted octanol–water partition coefficient (Wildman–Crippen LogP) is 1.22. The maximum atomic E-state index is 13.4. The molecule has 96 valence electrons. The molecular formula is C10H16F2N4O. The monoisotopic (exact) mass is 246 g/mol. The van der Waals surface area contributed by atoms with Crippen molar-refractivity contribution >= 4 is 11.6 Å². The van der Waals surface area contributed by atoms with Crippen LogP contribution in [0.5, 0.6) is 0 Å². The molecule has 1 aromatic heterocycles. The van der Waals surface area contributed by atoms with Crippen LogP contribution >= 0.6 is 0 Å². The van der Waals surface area contributed by atoms with Crippen LogP contribution in [-0.4, -0.2) is 22.7 Å².